The van der Waals surface area contributed by atoms with Gasteiger partial charge in [-0.05, 0) is 88.7 Å². The van der Waals surface area contributed by atoms with Crippen molar-refractivity contribution in [2.45, 2.75) is 126 Å². The molecule has 0 radical (unpaired) electrons. The van der Waals surface area contributed by atoms with Crippen molar-refractivity contribution in [2.75, 3.05) is 50.3 Å². The number of hydrogen-bond acceptors (Lipinski definition) is 14. The van der Waals surface area contributed by atoms with Gasteiger partial charge in [0.1, 0.15) is 48.3 Å². The SMILES string of the molecule is CSCC[C@H](NC(=O)[C@@H]1CCCN1C(=O)[C@H](CCSC)NC(=O)[C@@H]1CCCN1C(=O)[C@H](CCC(=O)O)NC(=O)[C@@H]1CCCN1C(=O)[C@@H](NC(=O)[C@@H](N)CO)[C@@H](C)O)C(=O)O. The summed E-state index contributed by atoms with van der Waals surface area (Å²) < 4.78 is 0. The van der Waals surface area contributed by atoms with E-state index in [1.165, 1.54) is 40.2 Å². The number of hydrogen-bond donors (Lipinski definition) is 9. The second kappa shape index (κ2) is 24.3. The fourth-order valence-corrected chi connectivity index (χ4v) is 8.48. The van der Waals surface area contributed by atoms with E-state index in [0.717, 1.165) is 4.90 Å². The second-order valence-corrected chi connectivity index (χ2v) is 17.1. The topological polar surface area (TPSA) is 318 Å². The van der Waals surface area contributed by atoms with Crippen molar-refractivity contribution >= 4 is 76.8 Å². The van der Waals surface area contributed by atoms with E-state index in [0.29, 0.717) is 37.2 Å². The standard InChI is InChI=1S/C37H60N8O13S2/c1-20(47)29(42-30(50)21(38)19-46)36(56)45-16-6-9-27(45)32(52)39-22(10-11-28(48)49)34(54)43-14-4-7-25(43)31(51)40-23(12-17-59-2)35(55)44-15-5-8-26(44)33(53)41-24(37(57)58)13-18-60-3/h20-27,29,46-47H,4-19,38H2,1-3H3,(H,39,52)(H,40,51)(H,41,53)(H,42,50)(H,48,49)(H,57,58)/t20-,21+,22+,23+,24+,25+,26+,27+,29+/m1/s1. The molecule has 0 aliphatic carbocycles. The number of carboxylic acid groups (broad SMARTS) is 2. The zero-order valence-corrected chi connectivity index (χ0v) is 35.8. The van der Waals surface area contributed by atoms with Crippen LogP contribution < -0.4 is 27.0 Å². The fourth-order valence-electron chi connectivity index (χ4n) is 7.54. The number of likely N-dealkylation sites (tertiary alicyclic amines) is 3. The van der Waals surface area contributed by atoms with Gasteiger partial charge in [-0.15, -0.1) is 0 Å². The molecule has 9 atom stereocenters. The fraction of sp³-hybridized carbons (Fsp3) is 0.757. The van der Waals surface area contributed by atoms with Crippen LogP contribution in [0, 0.1) is 0 Å². The lowest BCUT2D eigenvalue weighted by Crippen LogP contribution is -2.61. The maximum Gasteiger partial charge on any atom is 0.326 e. The Balaban J connectivity index is 1.78. The van der Waals surface area contributed by atoms with Crippen LogP contribution in [0.2, 0.25) is 0 Å². The molecule has 3 aliphatic heterocycles. The first-order valence-electron chi connectivity index (χ1n) is 20.1. The van der Waals surface area contributed by atoms with Crippen molar-refractivity contribution in [2.24, 2.45) is 5.73 Å². The van der Waals surface area contributed by atoms with Crippen LogP contribution in [-0.4, -0.2) is 193 Å². The first kappa shape index (κ1) is 50.2. The summed E-state index contributed by atoms with van der Waals surface area (Å²) in [6.45, 7) is 0.872. The predicted octanol–water partition coefficient (Wildman–Crippen LogP) is -2.95. The first-order valence-corrected chi connectivity index (χ1v) is 22.9. The minimum atomic E-state index is -1.52. The third-order valence-electron chi connectivity index (χ3n) is 10.8. The molecule has 10 N–H and O–H groups in total. The zero-order chi connectivity index (χ0) is 44.7. The van der Waals surface area contributed by atoms with Crippen LogP contribution in [0.15, 0.2) is 0 Å². The van der Waals surface area contributed by atoms with Gasteiger partial charge in [-0.2, -0.15) is 23.5 Å². The molecule has 3 fully saturated rings. The highest BCUT2D eigenvalue weighted by Gasteiger charge is 2.44. The molecule has 0 aromatic heterocycles. The molecule has 0 saturated carbocycles. The maximum absolute atomic E-state index is 14.1. The highest BCUT2D eigenvalue weighted by molar-refractivity contribution is 7.98. The third kappa shape index (κ3) is 13.7. The molecule has 60 heavy (non-hydrogen) atoms. The molecule has 3 heterocycles. The monoisotopic (exact) mass is 888 g/mol. The van der Waals surface area contributed by atoms with Crippen molar-refractivity contribution in [3.8, 4) is 0 Å². The number of carboxylic acids is 2. The van der Waals surface area contributed by atoms with E-state index in [1.54, 1.807) is 0 Å². The van der Waals surface area contributed by atoms with Crippen molar-refractivity contribution in [3.63, 3.8) is 0 Å². The first-order chi connectivity index (χ1) is 28.5. The van der Waals surface area contributed by atoms with Crippen LogP contribution >= 0.6 is 23.5 Å². The Kier molecular flexibility index (Phi) is 20.3. The lowest BCUT2D eigenvalue weighted by molar-refractivity contribution is -0.146. The van der Waals surface area contributed by atoms with Gasteiger partial charge in [0.25, 0.3) is 0 Å². The minimum Gasteiger partial charge on any atom is -0.481 e. The molecular formula is C37H60N8O13S2. The highest BCUT2D eigenvalue weighted by atomic mass is 32.2. The van der Waals surface area contributed by atoms with Crippen LogP contribution in [0.3, 0.4) is 0 Å². The number of nitrogens with two attached hydrogens (primary N) is 1. The Labute approximate surface area is 357 Å². The number of aliphatic hydroxyl groups excluding tert-OH is 2. The van der Waals surface area contributed by atoms with E-state index in [-0.39, 0.29) is 51.7 Å². The lowest BCUT2D eigenvalue weighted by Gasteiger charge is -2.33. The molecule has 0 spiro atoms. The summed E-state index contributed by atoms with van der Waals surface area (Å²) in [4.78, 5) is 122. The van der Waals surface area contributed by atoms with E-state index < -0.39 is 121 Å². The molecule has 0 bridgehead atoms. The molecule has 0 unspecified atom stereocenters. The van der Waals surface area contributed by atoms with Gasteiger partial charge in [-0.25, -0.2) is 4.79 Å². The summed E-state index contributed by atoms with van der Waals surface area (Å²) in [7, 11) is 0. The number of rotatable bonds is 23. The summed E-state index contributed by atoms with van der Waals surface area (Å²) in [5.41, 5.74) is 5.55. The van der Waals surface area contributed by atoms with E-state index >= 15 is 0 Å². The molecule has 7 amide bonds. The van der Waals surface area contributed by atoms with Gasteiger partial charge in [0.05, 0.1) is 12.7 Å². The normalized spacial score (nSPS) is 21.9. The number of thioether (sulfide) groups is 2. The van der Waals surface area contributed by atoms with E-state index in [2.05, 4.69) is 21.3 Å². The van der Waals surface area contributed by atoms with Gasteiger partial charge in [0.15, 0.2) is 0 Å². The summed E-state index contributed by atoms with van der Waals surface area (Å²) in [6.07, 6.45) is 3.55. The van der Waals surface area contributed by atoms with Crippen molar-refractivity contribution in [1.29, 1.82) is 0 Å². The Morgan fingerprint density at radius 2 is 1.05 bits per heavy atom. The van der Waals surface area contributed by atoms with Crippen LogP contribution in [0.4, 0.5) is 0 Å². The second-order valence-electron chi connectivity index (χ2n) is 15.1. The largest absolute Gasteiger partial charge is 0.481 e. The number of nitrogens with one attached hydrogen (secondary N) is 4. The van der Waals surface area contributed by atoms with Crippen LogP contribution in [0.5, 0.6) is 0 Å². The lowest BCUT2D eigenvalue weighted by atomic mass is 10.1. The average molecular weight is 889 g/mol. The smallest absolute Gasteiger partial charge is 0.326 e. The summed E-state index contributed by atoms with van der Waals surface area (Å²) in [5, 5.41) is 48.9. The highest BCUT2D eigenvalue weighted by Crippen LogP contribution is 2.24. The van der Waals surface area contributed by atoms with Crippen molar-refractivity contribution in [3.05, 3.63) is 0 Å². The molecule has 0 aromatic rings. The third-order valence-corrected chi connectivity index (χ3v) is 12.1. The Morgan fingerprint density at radius 3 is 1.43 bits per heavy atom. The van der Waals surface area contributed by atoms with Gasteiger partial charge in [-0.3, -0.25) is 38.4 Å². The summed E-state index contributed by atoms with van der Waals surface area (Å²) in [5.74, 6) is -6.55. The molecule has 3 aliphatic rings. The van der Waals surface area contributed by atoms with Gasteiger partial charge in [0, 0.05) is 26.1 Å². The van der Waals surface area contributed by atoms with Crippen LogP contribution in [0.1, 0.15) is 71.1 Å². The summed E-state index contributed by atoms with van der Waals surface area (Å²) >= 11 is 2.86. The molecule has 0 aromatic carbocycles. The van der Waals surface area contributed by atoms with Crippen LogP contribution in [-0.2, 0) is 43.2 Å². The van der Waals surface area contributed by atoms with Crippen molar-refractivity contribution < 1.29 is 63.6 Å². The zero-order valence-electron chi connectivity index (χ0n) is 34.2. The Hall–Kier alpha value is -4.19. The summed E-state index contributed by atoms with van der Waals surface area (Å²) in [6, 6.07) is -9.76. The predicted molar refractivity (Wildman–Crippen MR) is 219 cm³/mol. The Bertz CT molecular complexity index is 1570. The van der Waals surface area contributed by atoms with Gasteiger partial charge in [0.2, 0.25) is 41.4 Å². The molecular weight excluding hydrogens is 829 g/mol. The van der Waals surface area contributed by atoms with Crippen LogP contribution in [0.25, 0.3) is 0 Å². The molecule has 3 rings (SSSR count). The van der Waals surface area contributed by atoms with Crippen molar-refractivity contribution in [1.82, 2.24) is 36.0 Å². The molecule has 23 heteroatoms. The molecule has 21 nitrogen and oxygen atoms in total. The van der Waals surface area contributed by atoms with E-state index in [9.17, 15) is 63.6 Å². The number of aliphatic hydroxyl groups is 2. The number of carbonyl (C=O) groups is 9. The minimum absolute atomic E-state index is 0.0600. The van der Waals surface area contributed by atoms with Gasteiger partial charge in [-0.1, -0.05) is 0 Å². The van der Waals surface area contributed by atoms with Gasteiger partial charge >= 0.3 is 11.9 Å². The van der Waals surface area contributed by atoms with Gasteiger partial charge < -0.3 is 62.1 Å². The average Bonchev–Trinajstić information content (AvgIpc) is 4.02. The Morgan fingerprint density at radius 1 is 0.650 bits per heavy atom. The maximum atomic E-state index is 14.1. The number of aliphatic carboxylic acids is 2. The number of carbonyl (C=O) groups excluding carboxylic acids is 7. The van der Waals surface area contributed by atoms with E-state index in [4.69, 9.17) is 5.73 Å². The van der Waals surface area contributed by atoms with E-state index in [1.807, 2.05) is 12.5 Å². The quantitative estimate of drug-likeness (QED) is 0.0496. The molecule has 3 saturated heterocycles. The molecule has 338 valence electrons. The number of amides is 7. The number of nitrogens with zero attached hydrogens (tertiary/aromatic N) is 3.